The number of pyridine rings is 2. The van der Waals surface area contributed by atoms with Crippen molar-refractivity contribution in [2.75, 3.05) is 0 Å². The van der Waals surface area contributed by atoms with Crippen LogP contribution < -0.4 is 5.19 Å². The van der Waals surface area contributed by atoms with Gasteiger partial charge in [-0.3, -0.25) is 4.98 Å². The van der Waals surface area contributed by atoms with Crippen molar-refractivity contribution in [1.29, 1.82) is 0 Å². The molecule has 7 heteroatoms. The molecule has 0 atom stereocenters. The van der Waals surface area contributed by atoms with E-state index in [4.69, 9.17) is 15.0 Å². The number of benzene rings is 5. The van der Waals surface area contributed by atoms with Gasteiger partial charge in [0.25, 0.3) is 0 Å². The molecule has 4 nitrogen and oxygen atoms in total. The Hall–Kier alpha value is -5.04. The second-order valence-corrected chi connectivity index (χ2v) is 25.1. The molecule has 4 heterocycles. The van der Waals surface area contributed by atoms with Crippen LogP contribution in [0.15, 0.2) is 128 Å². The molecular weight excluding hydrogens is 993 g/mol. The average Bonchev–Trinajstić information content (AvgIpc) is 3.87. The Kier molecular flexibility index (Phi) is 13.7. The van der Waals surface area contributed by atoms with Crippen LogP contribution in [0.3, 0.4) is 0 Å². The van der Waals surface area contributed by atoms with E-state index in [1.807, 2.05) is 19.1 Å². The fourth-order valence-corrected chi connectivity index (χ4v) is 12.1. The summed E-state index contributed by atoms with van der Waals surface area (Å²) in [5, 5.41) is 3.95. The standard InChI is InChI=1S/C37H32N3S.C20H26NSi.Ir/c1-22(2)29-20-27(25-11-7-6-8-12-25)21-30(23(3)4)35(29)40-33-14-10-9-13-32(33)39-36(40)26-16-18-34-31(19-26)28-17-15-24(5)38-37(28)41-34;1-22(2,3)20-15-21-19(17-12-8-5-9-13-17)14-18(20)16-10-6-4-7-11-16;/h6-15,17-23H,1-5H3;5,8-9,12,14-16H,4,6-7,10-11H2,1-3H3;/q2*-1;. The van der Waals surface area contributed by atoms with Crippen molar-refractivity contribution in [3.8, 4) is 39.5 Å². The van der Waals surface area contributed by atoms with Crippen LogP contribution >= 0.6 is 11.3 Å². The van der Waals surface area contributed by atoms with E-state index in [0.29, 0.717) is 11.8 Å². The maximum Gasteiger partial charge on any atom is 0.114 e. The summed E-state index contributed by atoms with van der Waals surface area (Å²) >= 11 is 1.73. The molecule has 9 aromatic rings. The molecule has 0 saturated heterocycles. The number of thiophene rings is 1. The van der Waals surface area contributed by atoms with E-state index in [1.165, 1.54) is 75.5 Å². The molecular formula is C57H58IrN4SSi-2. The van der Waals surface area contributed by atoms with Gasteiger partial charge in [-0.15, -0.1) is 59.7 Å². The van der Waals surface area contributed by atoms with Crippen LogP contribution in [0, 0.1) is 19.1 Å². The van der Waals surface area contributed by atoms with Gasteiger partial charge in [-0.2, -0.15) is 11.3 Å². The molecule has 1 aliphatic carbocycles. The first-order valence-corrected chi connectivity index (χ1v) is 27.2. The van der Waals surface area contributed by atoms with Crippen molar-refractivity contribution >= 4 is 55.9 Å². The van der Waals surface area contributed by atoms with E-state index < -0.39 is 8.07 Å². The summed E-state index contributed by atoms with van der Waals surface area (Å²) in [6.07, 6.45) is 9.03. The summed E-state index contributed by atoms with van der Waals surface area (Å²) in [5.41, 5.74) is 14.3. The number of hydrogen-bond acceptors (Lipinski definition) is 4. The summed E-state index contributed by atoms with van der Waals surface area (Å²) in [7, 11) is -1.36. The van der Waals surface area contributed by atoms with Crippen molar-refractivity contribution < 1.29 is 20.1 Å². The first-order valence-electron chi connectivity index (χ1n) is 22.8. The molecule has 0 N–H and O–H groups in total. The third kappa shape index (κ3) is 9.24. The van der Waals surface area contributed by atoms with Crippen LogP contribution in [-0.4, -0.2) is 27.6 Å². The Morgan fingerprint density at radius 2 is 1.41 bits per heavy atom. The Bertz CT molecular complexity index is 3020. The molecule has 0 bridgehead atoms. The van der Waals surface area contributed by atoms with Gasteiger partial charge in [0.2, 0.25) is 0 Å². The van der Waals surface area contributed by atoms with Gasteiger partial charge in [-0.1, -0.05) is 132 Å². The number of imidazole rings is 1. The molecule has 0 spiro atoms. The predicted octanol–water partition coefficient (Wildman–Crippen LogP) is 15.6. The van der Waals surface area contributed by atoms with Gasteiger partial charge in [0.1, 0.15) is 4.83 Å². The van der Waals surface area contributed by atoms with E-state index in [9.17, 15) is 0 Å². The average molecular weight is 1050 g/mol. The molecule has 327 valence electrons. The topological polar surface area (TPSA) is 43.6 Å². The Labute approximate surface area is 398 Å². The third-order valence-corrected chi connectivity index (χ3v) is 15.8. The minimum absolute atomic E-state index is 0. The summed E-state index contributed by atoms with van der Waals surface area (Å²) < 4.78 is 3.59. The molecule has 0 aliphatic heterocycles. The number of aromatic nitrogens is 4. The van der Waals surface area contributed by atoms with Crippen LogP contribution in [0.5, 0.6) is 0 Å². The zero-order valence-electron chi connectivity index (χ0n) is 38.4. The van der Waals surface area contributed by atoms with Gasteiger partial charge in [-0.25, -0.2) is 4.98 Å². The minimum Gasteiger partial charge on any atom is -0.333 e. The first kappa shape index (κ1) is 45.5. The Morgan fingerprint density at radius 3 is 2.09 bits per heavy atom. The van der Waals surface area contributed by atoms with Crippen LogP contribution in [0.25, 0.3) is 70.8 Å². The number of aryl methyl sites for hydroxylation is 1. The SMILES string of the molecule is C[Si](C)(C)c1cnc(-c2[c-]cccc2)cc1C1CCCCC1.Cc1ccc2c(n1)sc1c[c-]c(-c3nc4ccccc4n3-c3c(C(C)C)cc(-c4ccccc4)cc3C(C)C)cc12.[Ir]. The van der Waals surface area contributed by atoms with Gasteiger partial charge in [0.05, 0.1) is 24.9 Å². The maximum atomic E-state index is 5.25. The second kappa shape index (κ2) is 19.2. The normalized spacial score (nSPS) is 13.4. The fraction of sp³-hybridized carbons (Fsp3) is 0.281. The quantitative estimate of drug-likeness (QED) is 0.113. The molecule has 1 fully saturated rings. The predicted molar refractivity (Wildman–Crippen MR) is 272 cm³/mol. The van der Waals surface area contributed by atoms with Gasteiger partial charge in [0.15, 0.2) is 0 Å². The molecule has 0 amide bonds. The van der Waals surface area contributed by atoms with E-state index in [2.05, 4.69) is 179 Å². The molecule has 64 heavy (non-hydrogen) atoms. The monoisotopic (exact) mass is 1050 g/mol. The molecule has 0 unspecified atom stereocenters. The first-order chi connectivity index (χ1) is 30.4. The zero-order chi connectivity index (χ0) is 43.8. The maximum absolute atomic E-state index is 5.25. The second-order valence-electron chi connectivity index (χ2n) is 19.0. The van der Waals surface area contributed by atoms with Gasteiger partial charge in [0, 0.05) is 37.7 Å². The smallest absolute Gasteiger partial charge is 0.114 e. The molecule has 1 saturated carbocycles. The van der Waals surface area contributed by atoms with Crippen molar-refractivity contribution in [2.24, 2.45) is 0 Å². The Morgan fingerprint density at radius 1 is 0.703 bits per heavy atom. The van der Waals surface area contributed by atoms with Gasteiger partial charge in [-0.05, 0) is 111 Å². The molecule has 5 aromatic carbocycles. The summed E-state index contributed by atoms with van der Waals surface area (Å²) in [4.78, 5) is 15.9. The molecule has 1 aliphatic rings. The number of fused-ring (bicyclic) bond motifs is 4. The van der Waals surface area contributed by atoms with Crippen LogP contribution in [0.4, 0.5) is 0 Å². The number of para-hydroxylation sites is 2. The summed E-state index contributed by atoms with van der Waals surface area (Å²) in [6, 6.07) is 50.1. The van der Waals surface area contributed by atoms with Crippen molar-refractivity contribution in [1.82, 2.24) is 19.5 Å². The minimum atomic E-state index is -1.36. The van der Waals surface area contributed by atoms with Crippen molar-refractivity contribution in [3.05, 3.63) is 162 Å². The zero-order valence-corrected chi connectivity index (χ0v) is 42.6. The van der Waals surface area contributed by atoms with E-state index in [0.717, 1.165) is 50.1 Å². The summed E-state index contributed by atoms with van der Waals surface area (Å²) in [6.45, 7) is 18.5. The third-order valence-electron chi connectivity index (χ3n) is 12.7. The fourth-order valence-electron chi connectivity index (χ4n) is 9.42. The largest absolute Gasteiger partial charge is 0.333 e. The number of rotatable bonds is 8. The van der Waals surface area contributed by atoms with Crippen molar-refractivity contribution in [2.45, 2.75) is 104 Å². The van der Waals surface area contributed by atoms with E-state index in [-0.39, 0.29) is 20.1 Å². The van der Waals surface area contributed by atoms with Gasteiger partial charge < -0.3 is 9.55 Å². The summed E-state index contributed by atoms with van der Waals surface area (Å²) in [5.74, 6) is 2.30. The number of nitrogens with zero attached hydrogens (tertiary/aromatic N) is 4. The van der Waals surface area contributed by atoms with Crippen LogP contribution in [0.2, 0.25) is 19.6 Å². The van der Waals surface area contributed by atoms with Gasteiger partial charge >= 0.3 is 0 Å². The molecule has 4 aromatic heterocycles. The molecule has 10 rings (SSSR count). The van der Waals surface area contributed by atoms with E-state index in [1.54, 1.807) is 22.1 Å². The van der Waals surface area contributed by atoms with E-state index >= 15 is 0 Å². The van der Waals surface area contributed by atoms with Crippen LogP contribution in [-0.2, 0) is 20.1 Å². The number of hydrogen-bond donors (Lipinski definition) is 0. The Balaban J connectivity index is 0.000000206. The molecule has 1 radical (unpaired) electrons. The van der Waals surface area contributed by atoms with Crippen LogP contribution in [0.1, 0.15) is 99.9 Å². The van der Waals surface area contributed by atoms with Crippen molar-refractivity contribution in [3.63, 3.8) is 0 Å².